The molecule has 0 aromatic heterocycles. The molecule has 0 atom stereocenters. The van der Waals surface area contributed by atoms with E-state index in [0.29, 0.717) is 0 Å². The number of rotatable bonds is 0. The SMILES string of the molecule is Cc1[c-]c2c(cc1C(C)(C)C)-c1cc(C(C)(C)C)c(C)cc1C2.[C-]1=CC=CC1.[Zr+2]=[C]1CCCC1. The predicted octanol–water partition coefficient (Wildman–Crippen LogP) is 8.86. The van der Waals surface area contributed by atoms with E-state index >= 15 is 0 Å². The Balaban J connectivity index is 0.000000239. The van der Waals surface area contributed by atoms with E-state index < -0.39 is 0 Å². The molecule has 0 bridgehead atoms. The normalized spacial score (nSPS) is 16.0. The van der Waals surface area contributed by atoms with Crippen LogP contribution in [-0.2, 0) is 41.5 Å². The number of fused-ring (bicyclic) bond motifs is 3. The van der Waals surface area contributed by atoms with Gasteiger partial charge in [0.2, 0.25) is 0 Å². The van der Waals surface area contributed by atoms with Gasteiger partial charge in [-0.3, -0.25) is 6.08 Å². The number of benzene rings is 2. The van der Waals surface area contributed by atoms with Gasteiger partial charge in [-0.25, -0.2) is 12.2 Å². The van der Waals surface area contributed by atoms with E-state index in [1.54, 1.807) is 27.4 Å². The molecule has 3 aliphatic carbocycles. The zero-order chi connectivity index (χ0) is 25.1. The van der Waals surface area contributed by atoms with E-state index in [4.69, 9.17) is 0 Å². The third-order valence-electron chi connectivity index (χ3n) is 6.87. The van der Waals surface area contributed by atoms with E-state index in [1.165, 1.54) is 70.2 Å². The van der Waals surface area contributed by atoms with Gasteiger partial charge in [0.05, 0.1) is 0 Å². The summed E-state index contributed by atoms with van der Waals surface area (Å²) in [6, 6.07) is 10.9. The van der Waals surface area contributed by atoms with E-state index in [9.17, 15) is 0 Å². The second-order valence-corrected chi connectivity index (χ2v) is 13.8. The van der Waals surface area contributed by atoms with Gasteiger partial charge in [0, 0.05) is 0 Å². The minimum atomic E-state index is 0.163. The molecule has 0 unspecified atom stereocenters. The van der Waals surface area contributed by atoms with Crippen LogP contribution in [0.1, 0.15) is 107 Å². The summed E-state index contributed by atoms with van der Waals surface area (Å²) in [6.45, 7) is 18.2. The van der Waals surface area contributed by atoms with Crippen LogP contribution in [0.25, 0.3) is 11.1 Å². The van der Waals surface area contributed by atoms with Crippen LogP contribution in [0.15, 0.2) is 36.4 Å². The molecular formula is C33H42Zr. The number of hydrogen-bond acceptors (Lipinski definition) is 0. The van der Waals surface area contributed by atoms with E-state index in [1.807, 2.05) is 12.2 Å². The Morgan fingerprint density at radius 3 is 1.88 bits per heavy atom. The Hall–Kier alpha value is -1.33. The molecule has 178 valence electrons. The van der Waals surface area contributed by atoms with Crippen LogP contribution < -0.4 is 0 Å². The van der Waals surface area contributed by atoms with Crippen LogP contribution in [0.3, 0.4) is 0 Å². The van der Waals surface area contributed by atoms with Gasteiger partial charge in [-0.2, -0.15) is 23.8 Å². The van der Waals surface area contributed by atoms with E-state index in [-0.39, 0.29) is 10.8 Å². The van der Waals surface area contributed by atoms with Crippen molar-refractivity contribution in [3.05, 3.63) is 82.0 Å². The topological polar surface area (TPSA) is 0 Å². The van der Waals surface area contributed by atoms with Gasteiger partial charge in [0.1, 0.15) is 0 Å². The summed E-state index contributed by atoms with van der Waals surface area (Å²) >= 11 is 1.68. The van der Waals surface area contributed by atoms with Crippen molar-refractivity contribution < 1.29 is 24.2 Å². The Morgan fingerprint density at radius 1 is 0.824 bits per heavy atom. The molecule has 1 heteroatoms. The molecule has 0 aliphatic heterocycles. The first-order valence-corrected chi connectivity index (χ1v) is 14.1. The second kappa shape index (κ2) is 11.2. The van der Waals surface area contributed by atoms with Gasteiger partial charge in [-0.05, 0) is 35.4 Å². The Labute approximate surface area is 224 Å². The molecule has 0 saturated heterocycles. The second-order valence-electron chi connectivity index (χ2n) is 12.0. The van der Waals surface area contributed by atoms with Gasteiger partial charge < -0.3 is 0 Å². The summed E-state index contributed by atoms with van der Waals surface area (Å²) in [6.07, 6.45) is 16.9. The Bertz CT molecular complexity index is 1010. The van der Waals surface area contributed by atoms with Gasteiger partial charge in [0.15, 0.2) is 0 Å². The molecule has 0 amide bonds. The molecule has 3 aliphatic rings. The van der Waals surface area contributed by atoms with E-state index in [0.717, 1.165) is 12.8 Å². The summed E-state index contributed by atoms with van der Waals surface area (Å²) in [5, 5.41) is 0. The first-order valence-electron chi connectivity index (χ1n) is 12.9. The summed E-state index contributed by atoms with van der Waals surface area (Å²) in [7, 11) is 0. The quantitative estimate of drug-likeness (QED) is 0.255. The summed E-state index contributed by atoms with van der Waals surface area (Å²) < 4.78 is 1.79. The summed E-state index contributed by atoms with van der Waals surface area (Å²) in [5.41, 5.74) is 11.6. The van der Waals surface area contributed by atoms with Crippen molar-refractivity contribution >= 4 is 3.21 Å². The van der Waals surface area contributed by atoms with Crippen molar-refractivity contribution in [2.45, 2.75) is 105 Å². The van der Waals surface area contributed by atoms with Gasteiger partial charge >= 0.3 is 53.1 Å². The standard InChI is InChI=1S/C23H29.C5H8.C5H5.Zr/c1-14-9-16-11-17-10-15(2)21(23(6,7)8)13-19(17)18(16)12-20(14)22(3,4)5;2*1-2-4-5-3-1;/h9,12-13H,11H2,1-8H3;1-4H2;1-3H,4H2;/q-1;;-1;+2. The molecule has 0 N–H and O–H groups in total. The molecule has 0 spiro atoms. The Morgan fingerprint density at radius 2 is 1.44 bits per heavy atom. The predicted molar refractivity (Wildman–Crippen MR) is 145 cm³/mol. The molecule has 1 fully saturated rings. The zero-order valence-corrected chi connectivity index (χ0v) is 25.2. The van der Waals surface area contributed by atoms with E-state index in [2.05, 4.69) is 91.8 Å². The molecule has 2 aromatic rings. The molecular weight excluding hydrogens is 488 g/mol. The van der Waals surface area contributed by atoms with Crippen molar-refractivity contribution in [2.24, 2.45) is 0 Å². The summed E-state index contributed by atoms with van der Waals surface area (Å²) in [5.74, 6) is 0. The van der Waals surface area contributed by atoms with Crippen LogP contribution in [0.4, 0.5) is 0 Å². The average molecular weight is 530 g/mol. The number of allylic oxidation sites excluding steroid dienone is 4. The number of aryl methyl sites for hydroxylation is 2. The fraction of sp³-hybridized carbons (Fsp3) is 0.485. The minimum absolute atomic E-state index is 0.163. The van der Waals surface area contributed by atoms with Gasteiger partial charge in [0.25, 0.3) is 0 Å². The fourth-order valence-corrected chi connectivity index (χ4v) is 6.03. The van der Waals surface area contributed by atoms with Crippen LogP contribution >= 0.6 is 0 Å². The molecule has 34 heavy (non-hydrogen) atoms. The van der Waals surface area contributed by atoms with Gasteiger partial charge in [-0.15, -0.1) is 23.1 Å². The van der Waals surface area contributed by atoms with Crippen molar-refractivity contribution in [3.63, 3.8) is 0 Å². The molecule has 1 saturated carbocycles. The summed E-state index contributed by atoms with van der Waals surface area (Å²) in [4.78, 5) is 0. The molecule has 2 aromatic carbocycles. The zero-order valence-electron chi connectivity index (χ0n) is 22.7. The maximum absolute atomic E-state index is 3.69. The van der Waals surface area contributed by atoms with Crippen molar-refractivity contribution in [1.82, 2.24) is 0 Å². The van der Waals surface area contributed by atoms with Crippen LogP contribution in [0, 0.1) is 26.0 Å². The van der Waals surface area contributed by atoms with Gasteiger partial charge in [-0.1, -0.05) is 71.6 Å². The van der Waals surface area contributed by atoms with Crippen LogP contribution in [0.2, 0.25) is 0 Å². The Kier molecular flexibility index (Phi) is 8.95. The molecule has 0 heterocycles. The average Bonchev–Trinajstić information content (AvgIpc) is 3.48. The third-order valence-corrected chi connectivity index (χ3v) is 8.10. The van der Waals surface area contributed by atoms with Crippen molar-refractivity contribution in [3.8, 4) is 11.1 Å². The number of hydrogen-bond donors (Lipinski definition) is 0. The van der Waals surface area contributed by atoms with Crippen molar-refractivity contribution in [2.75, 3.05) is 0 Å². The monoisotopic (exact) mass is 528 g/mol. The van der Waals surface area contributed by atoms with Crippen LogP contribution in [0.5, 0.6) is 0 Å². The molecule has 0 nitrogen and oxygen atoms in total. The molecule has 0 radical (unpaired) electrons. The molecule has 5 rings (SSSR count). The van der Waals surface area contributed by atoms with Crippen LogP contribution in [-0.4, -0.2) is 3.21 Å². The first kappa shape index (κ1) is 27.3. The fourth-order valence-electron chi connectivity index (χ4n) is 5.16. The van der Waals surface area contributed by atoms with Crippen molar-refractivity contribution in [1.29, 1.82) is 0 Å². The maximum atomic E-state index is 3.69. The first-order chi connectivity index (χ1) is 15.9. The third kappa shape index (κ3) is 6.88.